The van der Waals surface area contributed by atoms with Crippen molar-refractivity contribution in [1.82, 2.24) is 4.98 Å². The normalized spacial score (nSPS) is 11.5. The first-order chi connectivity index (χ1) is 12.1. The van der Waals surface area contributed by atoms with E-state index in [1.54, 1.807) is 12.1 Å². The summed E-state index contributed by atoms with van der Waals surface area (Å²) in [6.07, 6.45) is -0.102. The number of fused-ring (bicyclic) bond motifs is 1. The van der Waals surface area contributed by atoms with Crippen LogP contribution in [0.1, 0.15) is 18.1 Å². The van der Waals surface area contributed by atoms with Crippen molar-refractivity contribution < 1.29 is 14.6 Å². The zero-order valence-corrected chi connectivity index (χ0v) is 14.6. The van der Waals surface area contributed by atoms with Crippen LogP contribution in [0.25, 0.3) is 10.2 Å². The summed E-state index contributed by atoms with van der Waals surface area (Å²) in [6, 6.07) is 13.3. The lowest BCUT2D eigenvalue weighted by molar-refractivity contribution is -0.136. The van der Waals surface area contributed by atoms with Crippen LogP contribution in [0.5, 0.6) is 5.75 Å². The SMILES string of the molecule is COc1ccc(/C(C)=N\Nc2nc3ccccc3s2)cc1CC(=O)O. The summed E-state index contributed by atoms with van der Waals surface area (Å²) in [6.45, 7) is 1.85. The van der Waals surface area contributed by atoms with Gasteiger partial charge < -0.3 is 9.84 Å². The molecule has 7 heteroatoms. The second kappa shape index (κ2) is 7.31. The number of nitrogens with zero attached hydrogens (tertiary/aromatic N) is 2. The number of aliphatic carboxylic acids is 1. The van der Waals surface area contributed by atoms with E-state index in [1.807, 2.05) is 37.3 Å². The number of hydrazone groups is 1. The van der Waals surface area contributed by atoms with Crippen molar-refractivity contribution in [2.75, 3.05) is 12.5 Å². The fraction of sp³-hybridized carbons (Fsp3) is 0.167. The van der Waals surface area contributed by atoms with Crippen LogP contribution in [-0.4, -0.2) is 28.9 Å². The van der Waals surface area contributed by atoms with Gasteiger partial charge in [-0.2, -0.15) is 5.10 Å². The number of hydrogen-bond acceptors (Lipinski definition) is 6. The molecule has 1 aromatic heterocycles. The molecule has 0 bridgehead atoms. The molecule has 6 nitrogen and oxygen atoms in total. The van der Waals surface area contributed by atoms with Crippen molar-refractivity contribution in [2.45, 2.75) is 13.3 Å². The van der Waals surface area contributed by atoms with E-state index in [0.29, 0.717) is 16.4 Å². The van der Waals surface area contributed by atoms with E-state index < -0.39 is 5.97 Å². The summed E-state index contributed by atoms with van der Waals surface area (Å²) < 4.78 is 6.31. The zero-order valence-electron chi connectivity index (χ0n) is 13.8. The lowest BCUT2D eigenvalue weighted by Gasteiger charge is -2.09. The number of ether oxygens (including phenoxy) is 1. The molecule has 128 valence electrons. The monoisotopic (exact) mass is 355 g/mol. The fourth-order valence-electron chi connectivity index (χ4n) is 2.42. The highest BCUT2D eigenvalue weighted by atomic mass is 32.1. The van der Waals surface area contributed by atoms with Gasteiger partial charge in [-0.05, 0) is 42.8 Å². The highest BCUT2D eigenvalue weighted by Gasteiger charge is 2.10. The van der Waals surface area contributed by atoms with Gasteiger partial charge in [-0.3, -0.25) is 10.2 Å². The molecule has 0 aliphatic carbocycles. The molecule has 0 saturated carbocycles. The predicted octanol–water partition coefficient (Wildman–Crippen LogP) is 3.77. The molecule has 3 aromatic rings. The molecule has 3 rings (SSSR count). The molecular weight excluding hydrogens is 338 g/mol. The molecule has 2 N–H and O–H groups in total. The van der Waals surface area contributed by atoms with Gasteiger partial charge >= 0.3 is 5.97 Å². The summed E-state index contributed by atoms with van der Waals surface area (Å²) in [7, 11) is 1.52. The lowest BCUT2D eigenvalue weighted by atomic mass is 10.0. The maximum Gasteiger partial charge on any atom is 0.307 e. The Hall–Kier alpha value is -2.93. The number of anilines is 1. The third-order valence-corrected chi connectivity index (χ3v) is 4.59. The number of hydrogen-bond donors (Lipinski definition) is 2. The van der Waals surface area contributed by atoms with E-state index in [2.05, 4.69) is 15.5 Å². The third-order valence-electron chi connectivity index (χ3n) is 3.65. The van der Waals surface area contributed by atoms with Crippen LogP contribution in [-0.2, 0) is 11.2 Å². The van der Waals surface area contributed by atoms with Crippen molar-refractivity contribution in [3.8, 4) is 5.75 Å². The van der Waals surface area contributed by atoms with Gasteiger partial charge in [0, 0.05) is 5.56 Å². The molecular formula is C18H17N3O3S. The van der Waals surface area contributed by atoms with Crippen LogP contribution in [0, 0.1) is 0 Å². The van der Waals surface area contributed by atoms with Crippen LogP contribution < -0.4 is 10.2 Å². The first-order valence-corrected chi connectivity index (χ1v) is 8.43. The Labute approximate surface area is 148 Å². The lowest BCUT2D eigenvalue weighted by Crippen LogP contribution is -2.05. The third kappa shape index (κ3) is 3.95. The van der Waals surface area contributed by atoms with Crippen LogP contribution in [0.2, 0.25) is 0 Å². The van der Waals surface area contributed by atoms with Gasteiger partial charge in [-0.1, -0.05) is 23.5 Å². The second-order valence-electron chi connectivity index (χ2n) is 5.39. The minimum atomic E-state index is -0.905. The van der Waals surface area contributed by atoms with Gasteiger partial charge in [0.2, 0.25) is 5.13 Å². The summed E-state index contributed by atoms with van der Waals surface area (Å²) in [4.78, 5) is 15.5. The molecule has 0 atom stereocenters. The summed E-state index contributed by atoms with van der Waals surface area (Å²) in [5.41, 5.74) is 6.06. The fourth-order valence-corrected chi connectivity index (χ4v) is 3.23. The predicted molar refractivity (Wildman–Crippen MR) is 99.8 cm³/mol. The quantitative estimate of drug-likeness (QED) is 0.519. The molecule has 0 spiro atoms. The van der Waals surface area contributed by atoms with Gasteiger partial charge in [0.15, 0.2) is 0 Å². The first-order valence-electron chi connectivity index (χ1n) is 7.62. The largest absolute Gasteiger partial charge is 0.496 e. The number of carboxylic acids is 1. The number of methoxy groups -OCH3 is 1. The number of thiazole rings is 1. The van der Waals surface area contributed by atoms with E-state index in [-0.39, 0.29) is 6.42 Å². The van der Waals surface area contributed by atoms with Crippen LogP contribution in [0.4, 0.5) is 5.13 Å². The smallest absolute Gasteiger partial charge is 0.307 e. The molecule has 25 heavy (non-hydrogen) atoms. The molecule has 0 aliphatic rings. The Balaban J connectivity index is 1.82. The van der Waals surface area contributed by atoms with E-state index in [4.69, 9.17) is 9.84 Å². The molecule has 2 aromatic carbocycles. The molecule has 0 unspecified atom stereocenters. The van der Waals surface area contributed by atoms with E-state index in [9.17, 15) is 4.79 Å². The Kier molecular flexibility index (Phi) is 4.95. The van der Waals surface area contributed by atoms with Crippen molar-refractivity contribution in [3.05, 3.63) is 53.6 Å². The van der Waals surface area contributed by atoms with Crippen molar-refractivity contribution >= 4 is 38.4 Å². The number of nitrogens with one attached hydrogen (secondary N) is 1. The average Bonchev–Trinajstić information content (AvgIpc) is 3.02. The standard InChI is InChI=1S/C18H17N3O3S/c1-11(12-7-8-15(24-2)13(9-12)10-17(22)23)20-21-18-19-14-5-3-4-6-16(14)25-18/h3-9H,10H2,1-2H3,(H,19,21)(H,22,23)/b20-11-. The van der Waals surface area contributed by atoms with Crippen LogP contribution in [0.3, 0.4) is 0 Å². The van der Waals surface area contributed by atoms with Gasteiger partial charge in [-0.25, -0.2) is 4.98 Å². The zero-order chi connectivity index (χ0) is 17.8. The Morgan fingerprint density at radius 1 is 1.32 bits per heavy atom. The van der Waals surface area contributed by atoms with Crippen LogP contribution >= 0.6 is 11.3 Å². The van der Waals surface area contributed by atoms with Gasteiger partial charge in [0.05, 0.1) is 29.5 Å². The second-order valence-corrected chi connectivity index (χ2v) is 6.42. The van der Waals surface area contributed by atoms with Crippen molar-refractivity contribution in [2.24, 2.45) is 5.10 Å². The molecule has 0 saturated heterocycles. The highest BCUT2D eigenvalue weighted by molar-refractivity contribution is 7.22. The number of carboxylic acid groups (broad SMARTS) is 1. The Morgan fingerprint density at radius 2 is 2.12 bits per heavy atom. The topological polar surface area (TPSA) is 83.8 Å². The van der Waals surface area contributed by atoms with Crippen LogP contribution in [0.15, 0.2) is 47.6 Å². The molecule has 0 radical (unpaired) electrons. The maximum absolute atomic E-state index is 11.0. The summed E-state index contributed by atoms with van der Waals surface area (Å²) in [5.74, 6) is -0.351. The van der Waals surface area contributed by atoms with E-state index in [0.717, 1.165) is 21.5 Å². The number of benzene rings is 2. The minimum absolute atomic E-state index is 0.102. The molecule has 0 fully saturated rings. The first kappa shape index (κ1) is 16.9. The van der Waals surface area contributed by atoms with Gasteiger partial charge in [0.25, 0.3) is 0 Å². The maximum atomic E-state index is 11.0. The Bertz CT molecular complexity index is 917. The highest BCUT2D eigenvalue weighted by Crippen LogP contribution is 2.25. The van der Waals surface area contributed by atoms with Gasteiger partial charge in [-0.15, -0.1) is 0 Å². The molecule has 0 aliphatic heterocycles. The van der Waals surface area contributed by atoms with Gasteiger partial charge in [0.1, 0.15) is 5.75 Å². The Morgan fingerprint density at radius 3 is 2.84 bits per heavy atom. The molecule has 0 amide bonds. The van der Waals surface area contributed by atoms with E-state index >= 15 is 0 Å². The number of carbonyl (C=O) groups is 1. The van der Waals surface area contributed by atoms with E-state index in [1.165, 1.54) is 18.4 Å². The van der Waals surface area contributed by atoms with Crippen molar-refractivity contribution in [1.29, 1.82) is 0 Å². The summed E-state index contributed by atoms with van der Waals surface area (Å²) >= 11 is 1.53. The number of rotatable bonds is 6. The summed E-state index contributed by atoms with van der Waals surface area (Å²) in [5, 5.41) is 14.1. The number of aromatic nitrogens is 1. The molecule has 1 heterocycles. The number of para-hydroxylation sites is 1. The average molecular weight is 355 g/mol. The minimum Gasteiger partial charge on any atom is -0.496 e. The van der Waals surface area contributed by atoms with Crippen molar-refractivity contribution in [3.63, 3.8) is 0 Å².